The normalized spacial score (nSPS) is 13.4. The van der Waals surface area contributed by atoms with E-state index in [4.69, 9.17) is 4.98 Å². The van der Waals surface area contributed by atoms with Gasteiger partial charge in [-0.1, -0.05) is 61.2 Å². The van der Waals surface area contributed by atoms with Gasteiger partial charge in [0.05, 0.1) is 11.3 Å². The second-order valence-electron chi connectivity index (χ2n) is 9.36. The molecule has 1 aromatic heterocycles. The van der Waals surface area contributed by atoms with E-state index in [1.165, 1.54) is 16.5 Å². The Balaban J connectivity index is 1.23. The van der Waals surface area contributed by atoms with Crippen molar-refractivity contribution in [3.8, 4) is 6.07 Å². The van der Waals surface area contributed by atoms with Crippen LogP contribution in [0.4, 0.5) is 11.4 Å². The van der Waals surface area contributed by atoms with Crippen LogP contribution in [0.5, 0.6) is 0 Å². The van der Waals surface area contributed by atoms with Crippen LogP contribution in [0.3, 0.4) is 0 Å². The molecule has 7 nitrogen and oxygen atoms in total. The van der Waals surface area contributed by atoms with E-state index in [9.17, 15) is 14.9 Å². The molecular formula is C33H27N5O2S. The van der Waals surface area contributed by atoms with Gasteiger partial charge >= 0.3 is 0 Å². The van der Waals surface area contributed by atoms with Crippen molar-refractivity contribution in [2.75, 3.05) is 10.6 Å². The van der Waals surface area contributed by atoms with Crippen molar-refractivity contribution in [2.45, 2.75) is 31.1 Å². The molecule has 0 saturated carbocycles. The molecule has 0 aliphatic carbocycles. The Kier molecular flexibility index (Phi) is 8.67. The molecule has 0 saturated heterocycles. The molecule has 5 rings (SSSR count). The minimum Gasteiger partial charge on any atom is -0.322 e. The molecule has 8 heteroatoms. The predicted molar refractivity (Wildman–Crippen MR) is 162 cm³/mol. The molecule has 41 heavy (non-hydrogen) atoms. The number of aromatic nitrogens is 2. The zero-order valence-electron chi connectivity index (χ0n) is 22.4. The lowest BCUT2D eigenvalue weighted by atomic mass is 10.1. The number of carbonyl (C=O) groups is 2. The monoisotopic (exact) mass is 557 g/mol. The van der Waals surface area contributed by atoms with Crippen molar-refractivity contribution in [3.63, 3.8) is 0 Å². The lowest BCUT2D eigenvalue weighted by Crippen LogP contribution is -2.13. The number of thioether (sulfide) groups is 1. The minimum atomic E-state index is -0.280. The highest BCUT2D eigenvalue weighted by Crippen LogP contribution is 2.43. The van der Waals surface area contributed by atoms with Crippen LogP contribution in [-0.2, 0) is 17.6 Å². The molecule has 4 aromatic rings. The van der Waals surface area contributed by atoms with Crippen LogP contribution in [0, 0.1) is 11.3 Å². The zero-order chi connectivity index (χ0) is 28.6. The van der Waals surface area contributed by atoms with Crippen LogP contribution in [0.1, 0.15) is 46.3 Å². The van der Waals surface area contributed by atoms with E-state index >= 15 is 0 Å². The number of hydrogen-bond acceptors (Lipinski definition) is 6. The number of anilines is 2. The van der Waals surface area contributed by atoms with E-state index in [0.29, 0.717) is 40.5 Å². The van der Waals surface area contributed by atoms with Gasteiger partial charge in [0.2, 0.25) is 5.91 Å². The Morgan fingerprint density at radius 3 is 2.61 bits per heavy atom. The van der Waals surface area contributed by atoms with Gasteiger partial charge in [0.1, 0.15) is 11.9 Å². The number of hydrogen-bond donors (Lipinski definition) is 2. The molecule has 0 bridgehead atoms. The molecule has 202 valence electrons. The summed E-state index contributed by atoms with van der Waals surface area (Å²) in [5.74, 6) is 0.0942. The van der Waals surface area contributed by atoms with Gasteiger partial charge < -0.3 is 10.6 Å². The summed E-state index contributed by atoms with van der Waals surface area (Å²) >= 11 is 1.63. The average molecular weight is 558 g/mol. The number of nitrogens with one attached hydrogen (secondary N) is 2. The van der Waals surface area contributed by atoms with E-state index < -0.39 is 0 Å². The standard InChI is InChI=1S/C33H27N5O2S/c1-2-3-11-32(39)36-26-9-6-8-24(19-26)33(40)37-25-14-12-22(13-15-25)18-31-35-17-16-28(38-31)27(21-34)30-20-23-7-4-5-10-29(23)41-30/h3-17,19H,2,18,20H2,1H3,(H,36,39)(H,37,40)/b11-3+,30-27+. The van der Waals surface area contributed by atoms with E-state index in [2.05, 4.69) is 33.8 Å². The summed E-state index contributed by atoms with van der Waals surface area (Å²) < 4.78 is 0. The molecular weight excluding hydrogens is 530 g/mol. The van der Waals surface area contributed by atoms with Crippen molar-refractivity contribution < 1.29 is 9.59 Å². The van der Waals surface area contributed by atoms with Crippen LogP contribution in [-0.4, -0.2) is 21.8 Å². The van der Waals surface area contributed by atoms with Crippen LogP contribution >= 0.6 is 11.8 Å². The molecule has 0 fully saturated rings. The molecule has 1 aliphatic heterocycles. The van der Waals surface area contributed by atoms with Gasteiger partial charge in [0.15, 0.2) is 0 Å². The van der Waals surface area contributed by atoms with E-state index in [1.54, 1.807) is 54.4 Å². The summed E-state index contributed by atoms with van der Waals surface area (Å²) in [6.45, 7) is 1.95. The van der Waals surface area contributed by atoms with Crippen molar-refractivity contribution >= 4 is 40.5 Å². The smallest absolute Gasteiger partial charge is 0.255 e. The maximum Gasteiger partial charge on any atom is 0.255 e. The van der Waals surface area contributed by atoms with Crippen LogP contribution in [0.15, 0.2) is 107 Å². The SMILES string of the molecule is CC/C=C/C(=O)Nc1cccc(C(=O)Nc2ccc(Cc3nccc(/C(C#N)=C4\Cc5ccccc5S4)n3)cc2)c1. The first kappa shape index (κ1) is 27.6. The van der Waals surface area contributed by atoms with Crippen LogP contribution in [0.25, 0.3) is 5.57 Å². The highest BCUT2D eigenvalue weighted by molar-refractivity contribution is 8.03. The lowest BCUT2D eigenvalue weighted by Gasteiger charge is -2.09. The first-order valence-corrected chi connectivity index (χ1v) is 14.0. The average Bonchev–Trinajstić information content (AvgIpc) is 3.42. The Labute approximate surface area is 243 Å². The van der Waals surface area contributed by atoms with Gasteiger partial charge in [-0.3, -0.25) is 9.59 Å². The lowest BCUT2D eigenvalue weighted by molar-refractivity contribution is -0.111. The summed E-state index contributed by atoms with van der Waals surface area (Å²) in [6.07, 6.45) is 6.91. The molecule has 2 N–H and O–H groups in total. The Hall–Kier alpha value is -5.00. The van der Waals surface area contributed by atoms with Crippen molar-refractivity contribution in [3.05, 3.63) is 130 Å². The van der Waals surface area contributed by atoms with Crippen molar-refractivity contribution in [2.24, 2.45) is 0 Å². The maximum atomic E-state index is 12.8. The maximum absolute atomic E-state index is 12.8. The second-order valence-corrected chi connectivity index (χ2v) is 10.5. The first-order chi connectivity index (χ1) is 20.0. The fraction of sp³-hybridized carbons (Fsp3) is 0.121. The third-order valence-electron chi connectivity index (χ3n) is 6.38. The molecule has 2 amide bonds. The van der Waals surface area contributed by atoms with Gasteiger partial charge in [-0.15, -0.1) is 0 Å². The fourth-order valence-corrected chi connectivity index (χ4v) is 5.52. The summed E-state index contributed by atoms with van der Waals surface area (Å²) in [5, 5.41) is 15.6. The number of nitriles is 1. The minimum absolute atomic E-state index is 0.238. The van der Waals surface area contributed by atoms with E-state index in [1.807, 2.05) is 43.3 Å². The quantitative estimate of drug-likeness (QED) is 0.182. The predicted octanol–water partition coefficient (Wildman–Crippen LogP) is 6.81. The molecule has 2 heterocycles. The highest BCUT2D eigenvalue weighted by atomic mass is 32.2. The van der Waals surface area contributed by atoms with E-state index in [0.717, 1.165) is 23.3 Å². The molecule has 3 aromatic carbocycles. The topological polar surface area (TPSA) is 108 Å². The Morgan fingerprint density at radius 2 is 1.83 bits per heavy atom. The fourth-order valence-electron chi connectivity index (χ4n) is 4.36. The third kappa shape index (κ3) is 6.96. The number of amides is 2. The largest absolute Gasteiger partial charge is 0.322 e. The highest BCUT2D eigenvalue weighted by Gasteiger charge is 2.21. The summed E-state index contributed by atoms with van der Waals surface area (Å²) in [6, 6.07) is 26.6. The summed E-state index contributed by atoms with van der Waals surface area (Å²) in [7, 11) is 0. The van der Waals surface area contributed by atoms with E-state index in [-0.39, 0.29) is 11.8 Å². The molecule has 0 radical (unpaired) electrons. The number of benzene rings is 3. The molecule has 1 aliphatic rings. The molecule has 0 unspecified atom stereocenters. The number of allylic oxidation sites excluding steroid dienone is 3. The zero-order valence-corrected chi connectivity index (χ0v) is 23.2. The van der Waals surface area contributed by atoms with Gasteiger partial charge in [0, 0.05) is 45.8 Å². The number of carbonyl (C=O) groups excluding carboxylic acids is 2. The number of rotatable bonds is 8. The number of fused-ring (bicyclic) bond motifs is 1. The summed E-state index contributed by atoms with van der Waals surface area (Å²) in [5.41, 5.74) is 5.02. The first-order valence-electron chi connectivity index (χ1n) is 13.2. The second kappa shape index (κ2) is 12.9. The van der Waals surface area contributed by atoms with Gasteiger partial charge in [-0.2, -0.15) is 5.26 Å². The van der Waals surface area contributed by atoms with Gasteiger partial charge in [-0.25, -0.2) is 9.97 Å². The molecule has 0 atom stereocenters. The van der Waals surface area contributed by atoms with Crippen LogP contribution in [0.2, 0.25) is 0 Å². The van der Waals surface area contributed by atoms with Crippen molar-refractivity contribution in [1.29, 1.82) is 5.26 Å². The van der Waals surface area contributed by atoms with Crippen LogP contribution < -0.4 is 10.6 Å². The summed E-state index contributed by atoms with van der Waals surface area (Å²) in [4.78, 5) is 36.1. The Morgan fingerprint density at radius 1 is 1.00 bits per heavy atom. The molecule has 0 spiro atoms. The van der Waals surface area contributed by atoms with Crippen molar-refractivity contribution in [1.82, 2.24) is 9.97 Å². The Bertz CT molecular complexity index is 1680. The number of nitrogens with zero attached hydrogens (tertiary/aromatic N) is 3. The van der Waals surface area contributed by atoms with Gasteiger partial charge in [0.25, 0.3) is 5.91 Å². The van der Waals surface area contributed by atoms with Gasteiger partial charge in [-0.05, 0) is 66.1 Å². The third-order valence-corrected chi connectivity index (χ3v) is 7.59.